The number of carbonyl (C=O) groups excluding carboxylic acids is 1. The molecule has 0 radical (unpaired) electrons. The second-order valence-electron chi connectivity index (χ2n) is 6.62. The summed E-state index contributed by atoms with van der Waals surface area (Å²) < 4.78 is 3.77. The molecule has 1 saturated carbocycles. The third kappa shape index (κ3) is 2.29. The molecule has 3 aromatic heterocycles. The van der Waals surface area contributed by atoms with Crippen LogP contribution < -0.4 is 5.32 Å². The molecule has 124 valence electrons. The van der Waals surface area contributed by atoms with Gasteiger partial charge in [-0.1, -0.05) is 12.1 Å². The lowest BCUT2D eigenvalue weighted by Crippen LogP contribution is -2.10. The van der Waals surface area contributed by atoms with Crippen LogP contribution in [0.15, 0.2) is 42.7 Å². The number of fused-ring (bicyclic) bond motifs is 2. The Morgan fingerprint density at radius 3 is 2.92 bits per heavy atom. The molecule has 0 atom stereocenters. The third-order valence-corrected chi connectivity index (χ3v) is 4.64. The first-order valence-corrected chi connectivity index (χ1v) is 8.41. The molecule has 5 rings (SSSR count). The number of anilines is 1. The maximum Gasteiger partial charge on any atom is 0.170 e. The van der Waals surface area contributed by atoms with Crippen LogP contribution >= 0.6 is 0 Å². The Morgan fingerprint density at radius 1 is 1.24 bits per heavy atom. The Labute approximate surface area is 144 Å². The summed E-state index contributed by atoms with van der Waals surface area (Å²) in [5, 5.41) is 8.97. The number of hydrogen-bond donors (Lipinski definition) is 1. The van der Waals surface area contributed by atoms with Crippen LogP contribution in [-0.4, -0.2) is 31.5 Å². The lowest BCUT2D eigenvalue weighted by Gasteiger charge is -2.11. The summed E-state index contributed by atoms with van der Waals surface area (Å²) in [7, 11) is 0. The van der Waals surface area contributed by atoms with E-state index >= 15 is 0 Å². The Morgan fingerprint density at radius 2 is 2.12 bits per heavy atom. The minimum absolute atomic E-state index is 0.478. The van der Waals surface area contributed by atoms with Crippen LogP contribution in [0.2, 0.25) is 0 Å². The van der Waals surface area contributed by atoms with Crippen molar-refractivity contribution in [1.29, 1.82) is 0 Å². The van der Waals surface area contributed by atoms with Gasteiger partial charge in [-0.3, -0.25) is 4.79 Å². The Balaban J connectivity index is 1.76. The minimum atomic E-state index is 0.478. The van der Waals surface area contributed by atoms with Gasteiger partial charge in [0.25, 0.3) is 0 Å². The first-order chi connectivity index (χ1) is 12.2. The zero-order chi connectivity index (χ0) is 17.0. The fourth-order valence-corrected chi connectivity index (χ4v) is 3.15. The number of nitrogens with one attached hydrogen (secondary N) is 1. The van der Waals surface area contributed by atoms with Crippen molar-refractivity contribution in [2.75, 3.05) is 5.32 Å². The van der Waals surface area contributed by atoms with Gasteiger partial charge in [0.05, 0.1) is 17.3 Å². The van der Waals surface area contributed by atoms with E-state index in [1.165, 1.54) is 5.56 Å². The second-order valence-corrected chi connectivity index (χ2v) is 6.62. The van der Waals surface area contributed by atoms with Crippen LogP contribution in [0.3, 0.4) is 0 Å². The van der Waals surface area contributed by atoms with Crippen LogP contribution in [0, 0.1) is 6.92 Å². The Bertz CT molecular complexity index is 1120. The predicted molar refractivity (Wildman–Crippen MR) is 96.6 cm³/mol. The molecule has 0 unspecified atom stereocenters. The average Bonchev–Trinajstić information content (AvgIpc) is 3.18. The molecule has 4 aromatic rings. The van der Waals surface area contributed by atoms with Crippen LogP contribution in [0.4, 0.5) is 5.82 Å². The molecule has 0 aliphatic heterocycles. The largest absolute Gasteiger partial charge is 0.367 e. The van der Waals surface area contributed by atoms with Gasteiger partial charge in [-0.25, -0.2) is 4.98 Å². The molecular weight excluding hydrogens is 314 g/mol. The summed E-state index contributed by atoms with van der Waals surface area (Å²) in [4.78, 5) is 16.1. The second kappa shape index (κ2) is 5.17. The zero-order valence-corrected chi connectivity index (χ0v) is 13.8. The van der Waals surface area contributed by atoms with E-state index in [0.717, 1.165) is 41.7 Å². The minimum Gasteiger partial charge on any atom is -0.367 e. The fourth-order valence-electron chi connectivity index (χ4n) is 3.15. The van der Waals surface area contributed by atoms with E-state index in [2.05, 4.69) is 46.2 Å². The van der Waals surface area contributed by atoms with Gasteiger partial charge in [-0.15, -0.1) is 0 Å². The summed E-state index contributed by atoms with van der Waals surface area (Å²) in [5.41, 5.74) is 3.36. The van der Waals surface area contributed by atoms with Crippen molar-refractivity contribution in [2.45, 2.75) is 25.8 Å². The van der Waals surface area contributed by atoms with Crippen molar-refractivity contribution < 1.29 is 4.79 Å². The highest BCUT2D eigenvalue weighted by Crippen LogP contribution is 2.28. The number of hydrogen-bond acceptors (Lipinski definition) is 4. The van der Waals surface area contributed by atoms with Gasteiger partial charge in [-0.05, 0) is 37.5 Å². The number of aromatic nitrogens is 4. The number of nitrogens with zero attached hydrogens (tertiary/aromatic N) is 4. The highest BCUT2D eigenvalue weighted by molar-refractivity contribution is 5.85. The van der Waals surface area contributed by atoms with Crippen molar-refractivity contribution in [3.8, 4) is 5.82 Å². The van der Waals surface area contributed by atoms with Crippen molar-refractivity contribution >= 4 is 28.7 Å². The molecule has 1 aliphatic rings. The van der Waals surface area contributed by atoms with Crippen molar-refractivity contribution in [3.63, 3.8) is 0 Å². The molecule has 3 heterocycles. The topological polar surface area (TPSA) is 64.2 Å². The van der Waals surface area contributed by atoms with E-state index in [1.54, 1.807) is 10.7 Å². The van der Waals surface area contributed by atoms with Gasteiger partial charge in [-0.2, -0.15) is 9.61 Å². The summed E-state index contributed by atoms with van der Waals surface area (Å²) in [5.74, 6) is 1.64. The van der Waals surface area contributed by atoms with E-state index in [9.17, 15) is 4.79 Å². The first-order valence-electron chi connectivity index (χ1n) is 8.41. The zero-order valence-electron chi connectivity index (χ0n) is 13.8. The van der Waals surface area contributed by atoms with Gasteiger partial charge in [0, 0.05) is 23.7 Å². The summed E-state index contributed by atoms with van der Waals surface area (Å²) >= 11 is 0. The average molecular weight is 331 g/mol. The number of benzene rings is 1. The molecule has 1 fully saturated rings. The highest BCUT2D eigenvalue weighted by Gasteiger charge is 2.23. The quantitative estimate of drug-likeness (QED) is 0.582. The standard InChI is InChI=1S/C19H17N5O/c1-12-2-3-13-6-7-23(16(13)8-12)17-9-18(21-15-4-5-15)24-19(22-17)14(11-25)10-20-24/h2-3,6-11,15,21H,4-5H2,1H3. The van der Waals surface area contributed by atoms with Gasteiger partial charge in [0.15, 0.2) is 11.9 Å². The third-order valence-electron chi connectivity index (χ3n) is 4.64. The molecule has 1 N–H and O–H groups in total. The SMILES string of the molecule is Cc1ccc2ccn(-c3cc(NC4CC4)n4ncc(C=O)c4n3)c2c1. The monoisotopic (exact) mass is 331 g/mol. The first kappa shape index (κ1) is 14.2. The van der Waals surface area contributed by atoms with Crippen molar-refractivity contribution in [2.24, 2.45) is 0 Å². The van der Waals surface area contributed by atoms with Gasteiger partial charge in [0.1, 0.15) is 11.6 Å². The molecule has 0 spiro atoms. The lowest BCUT2D eigenvalue weighted by molar-refractivity contribution is 0.112. The number of carbonyl (C=O) groups is 1. The van der Waals surface area contributed by atoms with Gasteiger partial charge < -0.3 is 9.88 Å². The van der Waals surface area contributed by atoms with Crippen molar-refractivity contribution in [1.82, 2.24) is 19.2 Å². The normalized spacial score (nSPS) is 14.3. The fraction of sp³-hybridized carbons (Fsp3) is 0.211. The van der Waals surface area contributed by atoms with Gasteiger partial charge in [0.2, 0.25) is 0 Å². The molecule has 1 aromatic carbocycles. The number of aryl methyl sites for hydroxylation is 1. The van der Waals surface area contributed by atoms with Gasteiger partial charge >= 0.3 is 0 Å². The summed E-state index contributed by atoms with van der Waals surface area (Å²) in [6.07, 6.45) is 6.70. The van der Waals surface area contributed by atoms with Crippen LogP contribution in [0.25, 0.3) is 22.4 Å². The number of aldehydes is 1. The van der Waals surface area contributed by atoms with E-state index in [-0.39, 0.29) is 0 Å². The van der Waals surface area contributed by atoms with Crippen LogP contribution in [0.1, 0.15) is 28.8 Å². The molecular formula is C19H17N5O. The van der Waals surface area contributed by atoms with E-state index in [4.69, 9.17) is 4.98 Å². The van der Waals surface area contributed by atoms with E-state index in [1.807, 2.05) is 12.3 Å². The maximum atomic E-state index is 11.4. The van der Waals surface area contributed by atoms with E-state index in [0.29, 0.717) is 17.3 Å². The van der Waals surface area contributed by atoms with E-state index < -0.39 is 0 Å². The smallest absolute Gasteiger partial charge is 0.170 e. The molecule has 25 heavy (non-hydrogen) atoms. The molecule has 0 saturated heterocycles. The molecule has 6 heteroatoms. The predicted octanol–water partition coefficient (Wildman–Crippen LogP) is 3.37. The lowest BCUT2D eigenvalue weighted by atomic mass is 10.2. The summed E-state index contributed by atoms with van der Waals surface area (Å²) in [6, 6.07) is 10.9. The summed E-state index contributed by atoms with van der Waals surface area (Å²) in [6.45, 7) is 2.08. The van der Waals surface area contributed by atoms with Crippen LogP contribution in [0.5, 0.6) is 0 Å². The maximum absolute atomic E-state index is 11.4. The Kier molecular flexibility index (Phi) is 2.94. The molecule has 0 amide bonds. The Hall–Kier alpha value is -3.15. The molecule has 6 nitrogen and oxygen atoms in total. The molecule has 1 aliphatic carbocycles. The van der Waals surface area contributed by atoms with Crippen molar-refractivity contribution in [3.05, 3.63) is 53.9 Å². The molecule has 0 bridgehead atoms. The number of rotatable bonds is 4. The van der Waals surface area contributed by atoms with Crippen LogP contribution in [-0.2, 0) is 0 Å². The highest BCUT2D eigenvalue weighted by atomic mass is 16.1.